The van der Waals surface area contributed by atoms with Crippen LogP contribution >= 0.6 is 0 Å². The van der Waals surface area contributed by atoms with Gasteiger partial charge in [-0.15, -0.1) is 0 Å². The lowest BCUT2D eigenvalue weighted by Crippen LogP contribution is -2.49. The van der Waals surface area contributed by atoms with Crippen LogP contribution in [0, 0.1) is 0 Å². The molecule has 29 heavy (non-hydrogen) atoms. The number of nitrogens with zero attached hydrogens (tertiary/aromatic N) is 5. The summed E-state index contributed by atoms with van der Waals surface area (Å²) in [5, 5.41) is 0.856. The van der Waals surface area contributed by atoms with Gasteiger partial charge >= 0.3 is 6.03 Å². The fourth-order valence-corrected chi connectivity index (χ4v) is 4.72. The molecule has 0 spiro atoms. The topological polar surface area (TPSA) is 78.6 Å². The molecule has 2 amide bonds. The molecule has 2 heterocycles. The van der Waals surface area contributed by atoms with E-state index in [1.165, 1.54) is 25.7 Å². The van der Waals surface area contributed by atoms with Crippen LogP contribution < -0.4 is 10.6 Å². The summed E-state index contributed by atoms with van der Waals surface area (Å²) in [4.78, 5) is 28.3. The predicted molar refractivity (Wildman–Crippen MR) is 116 cm³/mol. The van der Waals surface area contributed by atoms with Crippen LogP contribution in [0.15, 0.2) is 24.3 Å². The number of carbonyl (C=O) groups excluding carboxylic acids is 1. The maximum atomic E-state index is 12.1. The highest BCUT2D eigenvalue weighted by atomic mass is 16.2. The molecule has 1 aliphatic carbocycles. The molecule has 1 aromatic carbocycles. The number of hydrogen-bond donors (Lipinski definition) is 1. The highest BCUT2D eigenvalue weighted by Gasteiger charge is 2.27. The minimum atomic E-state index is -0.486. The maximum absolute atomic E-state index is 12.1. The molecule has 1 aromatic heterocycles. The van der Waals surface area contributed by atoms with Crippen molar-refractivity contribution >= 4 is 22.8 Å². The van der Waals surface area contributed by atoms with Gasteiger partial charge in [0.2, 0.25) is 0 Å². The molecule has 156 valence electrons. The number of amides is 2. The molecule has 2 aromatic rings. The van der Waals surface area contributed by atoms with Gasteiger partial charge in [-0.2, -0.15) is 0 Å². The third-order valence-corrected chi connectivity index (χ3v) is 6.22. The first-order valence-corrected chi connectivity index (χ1v) is 10.8. The lowest BCUT2D eigenvalue weighted by molar-refractivity contribution is 0.0922. The monoisotopic (exact) mass is 396 g/mol. The molecule has 0 bridgehead atoms. The van der Waals surface area contributed by atoms with Crippen LogP contribution in [0.2, 0.25) is 0 Å². The number of anilines is 1. The molecule has 2 aliphatic rings. The van der Waals surface area contributed by atoms with E-state index in [9.17, 15) is 4.79 Å². The molecule has 0 radical (unpaired) electrons. The number of nitrogens with two attached hydrogens (primary N) is 1. The van der Waals surface area contributed by atoms with Gasteiger partial charge in [0.25, 0.3) is 0 Å². The Hall–Kier alpha value is -2.25. The van der Waals surface area contributed by atoms with Crippen LogP contribution in [-0.2, 0) is 6.54 Å². The van der Waals surface area contributed by atoms with Gasteiger partial charge in [0, 0.05) is 43.6 Å². The lowest BCUT2D eigenvalue weighted by Gasteiger charge is -2.37. The Morgan fingerprint density at radius 3 is 2.48 bits per heavy atom. The van der Waals surface area contributed by atoms with Crippen molar-refractivity contribution in [2.45, 2.75) is 58.2 Å². The first-order valence-electron chi connectivity index (χ1n) is 10.8. The lowest BCUT2D eigenvalue weighted by atomic mass is 10.1. The fourth-order valence-electron chi connectivity index (χ4n) is 4.72. The van der Waals surface area contributed by atoms with Crippen molar-refractivity contribution in [3.63, 3.8) is 0 Å². The van der Waals surface area contributed by atoms with Crippen molar-refractivity contribution < 1.29 is 4.79 Å². The Labute approximate surface area is 172 Å². The summed E-state index contributed by atoms with van der Waals surface area (Å²) in [6.07, 6.45) is 5.47. The van der Waals surface area contributed by atoms with Gasteiger partial charge in [0.1, 0.15) is 11.6 Å². The molecule has 7 nitrogen and oxygen atoms in total. The highest BCUT2D eigenvalue weighted by molar-refractivity contribution is 6.00. The second-order valence-corrected chi connectivity index (χ2v) is 8.53. The van der Waals surface area contributed by atoms with Crippen LogP contribution in [0.25, 0.3) is 10.9 Å². The summed E-state index contributed by atoms with van der Waals surface area (Å²) >= 11 is 0. The standard InChI is InChI=1S/C22H32N6O/c1-16(2)28(22(23)29)21-18-9-5-6-10-19(18)24-20(25-21)15-26-11-13-27(14-12-26)17-7-3-4-8-17/h5-6,9-10,16-17H,3-4,7-8,11-15H2,1-2H3,(H2,23,29). The van der Waals surface area contributed by atoms with Crippen molar-refractivity contribution in [1.29, 1.82) is 0 Å². The number of fused-ring (bicyclic) bond motifs is 1. The van der Waals surface area contributed by atoms with Gasteiger partial charge in [-0.05, 0) is 38.8 Å². The van der Waals surface area contributed by atoms with Gasteiger partial charge in [0.05, 0.1) is 12.1 Å². The minimum Gasteiger partial charge on any atom is -0.351 e. The predicted octanol–water partition coefficient (Wildman–Crippen LogP) is 2.98. The number of primary amides is 1. The molecule has 1 aliphatic heterocycles. The number of aromatic nitrogens is 2. The highest BCUT2D eigenvalue weighted by Crippen LogP contribution is 2.27. The SMILES string of the molecule is CC(C)N(C(N)=O)c1nc(CN2CCN(C3CCCC3)CC2)nc2ccccc12. The zero-order chi connectivity index (χ0) is 20.4. The van der Waals surface area contributed by atoms with Crippen molar-refractivity contribution in [1.82, 2.24) is 19.8 Å². The summed E-state index contributed by atoms with van der Waals surface area (Å²) in [6, 6.07) is 8.06. The molecule has 2 fully saturated rings. The largest absolute Gasteiger partial charge is 0.351 e. The van der Waals surface area contributed by atoms with Gasteiger partial charge in [-0.3, -0.25) is 14.7 Å². The number of para-hydroxylation sites is 1. The van der Waals surface area contributed by atoms with E-state index in [1.807, 2.05) is 38.1 Å². The zero-order valence-corrected chi connectivity index (χ0v) is 17.5. The van der Waals surface area contributed by atoms with Crippen LogP contribution in [0.1, 0.15) is 45.4 Å². The molecule has 1 saturated carbocycles. The quantitative estimate of drug-likeness (QED) is 0.841. The van der Waals surface area contributed by atoms with Gasteiger partial charge in [0.15, 0.2) is 0 Å². The first-order chi connectivity index (χ1) is 14.0. The van der Waals surface area contributed by atoms with Crippen molar-refractivity contribution in [2.24, 2.45) is 5.73 Å². The average molecular weight is 397 g/mol. The molecule has 0 unspecified atom stereocenters. The van der Waals surface area contributed by atoms with E-state index in [0.29, 0.717) is 12.4 Å². The molecule has 0 atom stereocenters. The first kappa shape index (κ1) is 20.0. The minimum absolute atomic E-state index is 0.0754. The van der Waals surface area contributed by atoms with E-state index in [4.69, 9.17) is 15.7 Å². The molecular formula is C22H32N6O. The van der Waals surface area contributed by atoms with E-state index in [2.05, 4.69) is 9.80 Å². The Balaban J connectivity index is 1.54. The maximum Gasteiger partial charge on any atom is 0.320 e. The fraction of sp³-hybridized carbons (Fsp3) is 0.591. The van der Waals surface area contributed by atoms with E-state index >= 15 is 0 Å². The Morgan fingerprint density at radius 2 is 1.83 bits per heavy atom. The van der Waals surface area contributed by atoms with Gasteiger partial charge < -0.3 is 5.73 Å². The Kier molecular flexibility index (Phi) is 5.96. The van der Waals surface area contributed by atoms with Crippen LogP contribution in [0.4, 0.5) is 10.6 Å². The van der Waals surface area contributed by atoms with E-state index in [-0.39, 0.29) is 6.04 Å². The normalized spacial score (nSPS) is 19.3. The number of hydrogen-bond acceptors (Lipinski definition) is 5. The van der Waals surface area contributed by atoms with E-state index in [0.717, 1.165) is 48.9 Å². The summed E-state index contributed by atoms with van der Waals surface area (Å²) in [5.74, 6) is 1.36. The molecule has 1 saturated heterocycles. The van der Waals surface area contributed by atoms with Gasteiger partial charge in [-0.25, -0.2) is 14.8 Å². The number of benzene rings is 1. The van der Waals surface area contributed by atoms with E-state index in [1.54, 1.807) is 4.90 Å². The van der Waals surface area contributed by atoms with Crippen LogP contribution in [-0.4, -0.2) is 64.1 Å². The number of rotatable bonds is 5. The summed E-state index contributed by atoms with van der Waals surface area (Å²) in [5.41, 5.74) is 6.53. The summed E-state index contributed by atoms with van der Waals surface area (Å²) < 4.78 is 0. The average Bonchev–Trinajstić information content (AvgIpc) is 3.23. The van der Waals surface area contributed by atoms with Crippen molar-refractivity contribution in [2.75, 3.05) is 31.1 Å². The second-order valence-electron chi connectivity index (χ2n) is 8.53. The van der Waals surface area contributed by atoms with Crippen LogP contribution in [0.3, 0.4) is 0 Å². The number of piperazine rings is 1. The summed E-state index contributed by atoms with van der Waals surface area (Å²) in [6.45, 7) is 8.89. The van der Waals surface area contributed by atoms with E-state index < -0.39 is 6.03 Å². The second kappa shape index (κ2) is 8.63. The molecule has 7 heteroatoms. The molecular weight excluding hydrogens is 364 g/mol. The van der Waals surface area contributed by atoms with Gasteiger partial charge in [-0.1, -0.05) is 25.0 Å². The Morgan fingerprint density at radius 1 is 1.14 bits per heavy atom. The molecule has 4 rings (SSSR count). The summed E-state index contributed by atoms with van der Waals surface area (Å²) in [7, 11) is 0. The van der Waals surface area contributed by atoms with Crippen LogP contribution in [0.5, 0.6) is 0 Å². The smallest absolute Gasteiger partial charge is 0.320 e. The zero-order valence-electron chi connectivity index (χ0n) is 17.5. The Bertz CT molecular complexity index is 856. The number of carbonyl (C=O) groups is 1. The third kappa shape index (κ3) is 4.36. The molecule has 2 N–H and O–H groups in total. The van der Waals surface area contributed by atoms with Crippen molar-refractivity contribution in [3.05, 3.63) is 30.1 Å². The van der Waals surface area contributed by atoms with Crippen molar-refractivity contribution in [3.8, 4) is 0 Å². The number of urea groups is 1. The third-order valence-electron chi connectivity index (χ3n) is 6.22.